The Morgan fingerprint density at radius 1 is 1.21 bits per heavy atom. The number of aromatic nitrogens is 1. The second kappa shape index (κ2) is 8.86. The maximum atomic E-state index is 12.3. The van der Waals surface area contributed by atoms with Gasteiger partial charge in [-0.25, -0.2) is 5.43 Å². The number of benzene rings is 2. The van der Waals surface area contributed by atoms with Crippen LogP contribution < -0.4 is 5.43 Å². The number of fused-ring (bicyclic) bond motifs is 1. The fourth-order valence-corrected chi connectivity index (χ4v) is 6.51. The van der Waals surface area contributed by atoms with Crippen molar-refractivity contribution < 1.29 is 4.79 Å². The summed E-state index contributed by atoms with van der Waals surface area (Å²) in [7, 11) is 0. The first-order chi connectivity index (χ1) is 14.0. The molecule has 0 unspecified atom stereocenters. The van der Waals surface area contributed by atoms with E-state index in [2.05, 4.69) is 34.2 Å². The number of nitrogens with zero attached hydrogens (tertiary/aromatic N) is 2. The molecule has 29 heavy (non-hydrogen) atoms. The Morgan fingerprint density at radius 3 is 2.72 bits per heavy atom. The number of thioether (sulfide) groups is 2. The summed E-state index contributed by atoms with van der Waals surface area (Å²) in [4.78, 5) is 12.3. The molecule has 0 spiro atoms. The van der Waals surface area contributed by atoms with E-state index in [4.69, 9.17) is 11.6 Å². The minimum absolute atomic E-state index is 0.0371. The number of rotatable bonds is 6. The van der Waals surface area contributed by atoms with E-state index in [1.54, 1.807) is 6.21 Å². The van der Waals surface area contributed by atoms with Gasteiger partial charge >= 0.3 is 0 Å². The molecule has 0 saturated carbocycles. The van der Waals surface area contributed by atoms with Gasteiger partial charge in [-0.3, -0.25) is 4.79 Å². The van der Waals surface area contributed by atoms with Crippen LogP contribution >= 0.6 is 35.1 Å². The summed E-state index contributed by atoms with van der Waals surface area (Å²) in [6.45, 7) is 2.80. The Kier molecular flexibility index (Phi) is 6.23. The number of carbonyl (C=O) groups is 1. The quantitative estimate of drug-likeness (QED) is 0.411. The summed E-state index contributed by atoms with van der Waals surface area (Å²) in [5.41, 5.74) is 5.82. The molecule has 1 aromatic heterocycles. The lowest BCUT2D eigenvalue weighted by atomic mass is 10.2. The number of nitrogens with one attached hydrogen (secondary N) is 1. The zero-order valence-electron chi connectivity index (χ0n) is 16.1. The van der Waals surface area contributed by atoms with E-state index >= 15 is 0 Å². The third-order valence-corrected chi connectivity index (χ3v) is 8.55. The van der Waals surface area contributed by atoms with Crippen LogP contribution in [0.4, 0.5) is 0 Å². The summed E-state index contributed by atoms with van der Waals surface area (Å²) in [6, 6.07) is 16.0. The Hall–Kier alpha value is -1.89. The molecule has 4 nitrogen and oxygen atoms in total. The van der Waals surface area contributed by atoms with Crippen molar-refractivity contribution in [3.63, 3.8) is 0 Å². The standard InChI is InChI=1S/C22H22ClN3OS2/c1-22(28-10-11-29-22)12-21(27)25-24-13-17-15-26(20-9-5-3-7-18(17)20)14-16-6-2-4-8-19(16)23/h2-9,13,15H,10-12,14H2,1H3,(H,25,27). The van der Waals surface area contributed by atoms with Crippen LogP contribution in [0.5, 0.6) is 0 Å². The van der Waals surface area contributed by atoms with E-state index in [1.165, 1.54) is 0 Å². The molecule has 3 aromatic rings. The Morgan fingerprint density at radius 2 is 1.93 bits per heavy atom. The summed E-state index contributed by atoms with van der Waals surface area (Å²) < 4.78 is 2.12. The smallest absolute Gasteiger partial charge is 0.242 e. The van der Waals surface area contributed by atoms with Crippen molar-refractivity contribution in [2.24, 2.45) is 5.10 Å². The highest BCUT2D eigenvalue weighted by atomic mass is 35.5. The zero-order chi connectivity index (χ0) is 20.3. The minimum Gasteiger partial charge on any atom is -0.342 e. The average Bonchev–Trinajstić information content (AvgIpc) is 3.28. The van der Waals surface area contributed by atoms with Crippen molar-refractivity contribution in [1.82, 2.24) is 9.99 Å². The number of amides is 1. The number of hydrogen-bond acceptors (Lipinski definition) is 4. The maximum Gasteiger partial charge on any atom is 0.242 e. The van der Waals surface area contributed by atoms with Crippen molar-refractivity contribution in [3.05, 3.63) is 70.9 Å². The van der Waals surface area contributed by atoms with Crippen LogP contribution in [0.1, 0.15) is 24.5 Å². The SMILES string of the molecule is CC1(CC(=O)NN=Cc2cn(Cc3ccccc3Cl)c3ccccc23)SCCS1. The van der Waals surface area contributed by atoms with E-state index in [-0.39, 0.29) is 9.99 Å². The van der Waals surface area contributed by atoms with E-state index < -0.39 is 0 Å². The lowest BCUT2D eigenvalue weighted by molar-refractivity contribution is -0.121. The molecule has 7 heteroatoms. The van der Waals surface area contributed by atoms with Crippen LogP contribution in [0.25, 0.3) is 10.9 Å². The molecular weight excluding hydrogens is 422 g/mol. The topological polar surface area (TPSA) is 46.4 Å². The summed E-state index contributed by atoms with van der Waals surface area (Å²) >= 11 is 10.0. The molecule has 1 N–H and O–H groups in total. The summed E-state index contributed by atoms with van der Waals surface area (Å²) in [5, 5.41) is 6.06. The molecular formula is C22H22ClN3OS2. The molecule has 1 fully saturated rings. The van der Waals surface area contributed by atoms with Gasteiger partial charge in [-0.05, 0) is 24.6 Å². The van der Waals surface area contributed by atoms with Crippen molar-refractivity contribution in [3.8, 4) is 0 Å². The van der Waals surface area contributed by atoms with Crippen LogP contribution in [0.3, 0.4) is 0 Å². The third-order valence-electron chi connectivity index (χ3n) is 4.89. The number of halogens is 1. The average molecular weight is 444 g/mol. The molecule has 0 bridgehead atoms. The van der Waals surface area contributed by atoms with E-state index in [0.717, 1.165) is 38.6 Å². The van der Waals surface area contributed by atoms with Crippen LogP contribution in [-0.4, -0.2) is 32.3 Å². The summed E-state index contributed by atoms with van der Waals surface area (Å²) in [6.07, 6.45) is 4.24. The highest BCUT2D eigenvalue weighted by Gasteiger charge is 2.32. The maximum absolute atomic E-state index is 12.3. The predicted octanol–water partition coefficient (Wildman–Crippen LogP) is 5.38. The number of para-hydroxylation sites is 1. The Balaban J connectivity index is 1.51. The number of hydrogen-bond donors (Lipinski definition) is 1. The first-order valence-corrected chi connectivity index (χ1v) is 11.8. The normalized spacial score (nSPS) is 15.9. The third kappa shape index (κ3) is 4.82. The molecule has 1 aliphatic rings. The lowest BCUT2D eigenvalue weighted by Gasteiger charge is -2.19. The molecule has 4 rings (SSSR count). The van der Waals surface area contributed by atoms with Crippen LogP contribution in [0, 0.1) is 0 Å². The first-order valence-electron chi connectivity index (χ1n) is 9.45. The van der Waals surface area contributed by atoms with Gasteiger partial charge in [-0.2, -0.15) is 5.10 Å². The molecule has 2 heterocycles. The van der Waals surface area contributed by atoms with Crippen molar-refractivity contribution >= 4 is 58.1 Å². The Labute approximate surface area is 184 Å². The molecule has 2 aromatic carbocycles. The highest BCUT2D eigenvalue weighted by Crippen LogP contribution is 2.45. The second-order valence-corrected chi connectivity index (χ2v) is 11.0. The minimum atomic E-state index is -0.0505. The van der Waals surface area contributed by atoms with Crippen LogP contribution in [0.2, 0.25) is 5.02 Å². The van der Waals surface area contributed by atoms with E-state index in [0.29, 0.717) is 13.0 Å². The largest absolute Gasteiger partial charge is 0.342 e. The van der Waals surface area contributed by atoms with Crippen LogP contribution in [-0.2, 0) is 11.3 Å². The van der Waals surface area contributed by atoms with Gasteiger partial charge < -0.3 is 4.57 Å². The van der Waals surface area contributed by atoms with Gasteiger partial charge in [0.05, 0.1) is 16.7 Å². The fourth-order valence-electron chi connectivity index (χ4n) is 3.48. The zero-order valence-corrected chi connectivity index (χ0v) is 18.5. The Bertz CT molecular complexity index is 1060. The van der Waals surface area contributed by atoms with Gasteiger partial charge in [0.1, 0.15) is 0 Å². The van der Waals surface area contributed by atoms with Gasteiger partial charge in [0.2, 0.25) is 5.91 Å². The van der Waals surface area contributed by atoms with Gasteiger partial charge in [-0.15, -0.1) is 23.5 Å². The van der Waals surface area contributed by atoms with Crippen LogP contribution in [0.15, 0.2) is 59.8 Å². The molecule has 1 aliphatic heterocycles. The molecule has 150 valence electrons. The van der Waals surface area contributed by atoms with Crippen molar-refractivity contribution in [1.29, 1.82) is 0 Å². The van der Waals surface area contributed by atoms with Crippen molar-refractivity contribution in [2.45, 2.75) is 24.0 Å². The first kappa shape index (κ1) is 20.4. The molecule has 0 radical (unpaired) electrons. The highest BCUT2D eigenvalue weighted by molar-refractivity contribution is 8.21. The van der Waals surface area contributed by atoms with E-state index in [1.807, 2.05) is 66.1 Å². The van der Waals surface area contributed by atoms with Gasteiger partial charge in [-0.1, -0.05) is 48.0 Å². The summed E-state index contributed by atoms with van der Waals surface area (Å²) in [5.74, 6) is 2.15. The molecule has 0 aliphatic carbocycles. The van der Waals surface area contributed by atoms with Gasteiger partial charge in [0.15, 0.2) is 0 Å². The number of carbonyl (C=O) groups excluding carboxylic acids is 1. The molecule has 0 atom stereocenters. The predicted molar refractivity (Wildman–Crippen MR) is 126 cm³/mol. The van der Waals surface area contributed by atoms with Gasteiger partial charge in [0.25, 0.3) is 0 Å². The fraction of sp³-hybridized carbons (Fsp3) is 0.273. The lowest BCUT2D eigenvalue weighted by Crippen LogP contribution is -2.26. The van der Waals surface area contributed by atoms with E-state index in [9.17, 15) is 4.79 Å². The van der Waals surface area contributed by atoms with Crippen molar-refractivity contribution in [2.75, 3.05) is 11.5 Å². The van der Waals surface area contributed by atoms with Gasteiger partial charge in [0, 0.05) is 45.7 Å². The number of hydrazone groups is 1. The second-order valence-electron chi connectivity index (χ2n) is 7.12. The monoisotopic (exact) mass is 443 g/mol. The molecule has 1 saturated heterocycles. The molecule has 1 amide bonds.